The zero-order valence-corrected chi connectivity index (χ0v) is 9.47. The van der Waals surface area contributed by atoms with Crippen LogP contribution >= 0.6 is 0 Å². The fourth-order valence-corrected chi connectivity index (χ4v) is 1.30. The second-order valence-corrected chi connectivity index (χ2v) is 3.48. The number of carboxylic acid groups (broad SMARTS) is 1. The van der Waals surface area contributed by atoms with Crippen LogP contribution in [0, 0.1) is 11.8 Å². The van der Waals surface area contributed by atoms with Crippen LogP contribution in [0.1, 0.15) is 10.4 Å². The smallest absolute Gasteiger partial charge is 0.323 e. The third kappa shape index (κ3) is 3.69. The molecule has 1 aromatic heterocycles. The van der Waals surface area contributed by atoms with Crippen LogP contribution in [0.3, 0.4) is 0 Å². The molecule has 0 radical (unpaired) electrons. The van der Waals surface area contributed by atoms with Crippen LogP contribution in [0.4, 0.5) is 8.78 Å². The second kappa shape index (κ2) is 5.85. The lowest BCUT2D eigenvalue weighted by atomic mass is 10.2. The number of rotatable bonds is 5. The van der Waals surface area contributed by atoms with Gasteiger partial charge in [-0.25, -0.2) is 9.37 Å². The highest BCUT2D eigenvalue weighted by Gasteiger charge is 2.24. The van der Waals surface area contributed by atoms with E-state index in [1.165, 1.54) is 0 Å². The van der Waals surface area contributed by atoms with Crippen molar-refractivity contribution in [1.29, 1.82) is 0 Å². The first kappa shape index (κ1) is 14.5. The lowest BCUT2D eigenvalue weighted by Gasteiger charge is -2.19. The van der Waals surface area contributed by atoms with E-state index in [1.807, 2.05) is 0 Å². The van der Waals surface area contributed by atoms with Gasteiger partial charge in [0.15, 0.2) is 5.82 Å². The predicted octanol–water partition coefficient (Wildman–Crippen LogP) is -0.628. The van der Waals surface area contributed by atoms with E-state index in [0.29, 0.717) is 4.90 Å². The topological polar surface area (TPSA) is 114 Å². The van der Waals surface area contributed by atoms with Crippen LogP contribution in [0.15, 0.2) is 12.3 Å². The highest BCUT2D eigenvalue weighted by atomic mass is 19.2. The number of halogens is 2. The van der Waals surface area contributed by atoms with E-state index in [0.717, 1.165) is 12.3 Å². The standard InChI is InChI=1S/C10H9F2N3O4/c11-8-5(1-2-14-9(8)12)10(19)15(3-6(13)16)4-7(17)18/h1-2H,3-4H2,(H2,13,16)(H,17,18). The number of carbonyl (C=O) groups is 3. The number of aliphatic carboxylic acids is 1. The molecule has 0 atom stereocenters. The van der Waals surface area contributed by atoms with Crippen LogP contribution in [0.25, 0.3) is 0 Å². The van der Waals surface area contributed by atoms with Gasteiger partial charge >= 0.3 is 5.97 Å². The summed E-state index contributed by atoms with van der Waals surface area (Å²) in [4.78, 5) is 36.6. The number of pyridine rings is 1. The number of aromatic nitrogens is 1. The Morgan fingerprint density at radius 1 is 1.32 bits per heavy atom. The Morgan fingerprint density at radius 3 is 2.47 bits per heavy atom. The van der Waals surface area contributed by atoms with Crippen molar-refractivity contribution >= 4 is 17.8 Å². The number of primary amides is 1. The van der Waals surface area contributed by atoms with Gasteiger partial charge in [-0.2, -0.15) is 4.39 Å². The van der Waals surface area contributed by atoms with Crippen LogP contribution in [0.2, 0.25) is 0 Å². The van der Waals surface area contributed by atoms with Crippen molar-refractivity contribution in [2.24, 2.45) is 5.73 Å². The number of carbonyl (C=O) groups excluding carboxylic acids is 2. The molecule has 0 saturated heterocycles. The molecule has 0 saturated carbocycles. The molecule has 2 amide bonds. The van der Waals surface area contributed by atoms with Gasteiger partial charge in [-0.15, -0.1) is 0 Å². The third-order valence-electron chi connectivity index (χ3n) is 2.04. The van der Waals surface area contributed by atoms with Crippen molar-refractivity contribution < 1.29 is 28.3 Å². The number of carboxylic acids is 1. The Labute approximate surface area is 105 Å². The maximum atomic E-state index is 13.3. The van der Waals surface area contributed by atoms with Crippen LogP contribution in [-0.2, 0) is 9.59 Å². The van der Waals surface area contributed by atoms with Crippen LogP contribution < -0.4 is 5.73 Å². The molecule has 9 heteroatoms. The summed E-state index contributed by atoms with van der Waals surface area (Å²) in [7, 11) is 0. The summed E-state index contributed by atoms with van der Waals surface area (Å²) in [5, 5.41) is 8.59. The summed E-state index contributed by atoms with van der Waals surface area (Å²) in [6.45, 7) is -1.60. The van der Waals surface area contributed by atoms with Gasteiger partial charge in [0.25, 0.3) is 5.91 Å². The summed E-state index contributed by atoms with van der Waals surface area (Å²) in [5.74, 6) is -6.60. The Kier molecular flexibility index (Phi) is 4.46. The maximum absolute atomic E-state index is 13.3. The molecule has 0 bridgehead atoms. The van der Waals surface area contributed by atoms with E-state index < -0.39 is 48.2 Å². The highest BCUT2D eigenvalue weighted by Crippen LogP contribution is 2.11. The Balaban J connectivity index is 3.07. The normalized spacial score (nSPS) is 10.0. The average Bonchev–Trinajstić information content (AvgIpc) is 2.30. The third-order valence-corrected chi connectivity index (χ3v) is 2.04. The number of amides is 2. The summed E-state index contributed by atoms with van der Waals surface area (Å²) in [6.07, 6.45) is 0.842. The zero-order valence-electron chi connectivity index (χ0n) is 9.47. The van der Waals surface area contributed by atoms with Crippen molar-refractivity contribution in [1.82, 2.24) is 9.88 Å². The van der Waals surface area contributed by atoms with Crippen molar-refractivity contribution in [3.8, 4) is 0 Å². The minimum atomic E-state index is -1.52. The lowest BCUT2D eigenvalue weighted by molar-refractivity contribution is -0.138. The quantitative estimate of drug-likeness (QED) is 0.693. The second-order valence-electron chi connectivity index (χ2n) is 3.48. The summed E-state index contributed by atoms with van der Waals surface area (Å²) < 4.78 is 26.2. The summed E-state index contributed by atoms with van der Waals surface area (Å²) in [5.41, 5.74) is 4.12. The Bertz CT molecular complexity index is 520. The molecule has 19 heavy (non-hydrogen) atoms. The molecule has 0 aliphatic carbocycles. The minimum Gasteiger partial charge on any atom is -0.480 e. The number of hydrogen-bond donors (Lipinski definition) is 2. The van der Waals surface area contributed by atoms with Crippen molar-refractivity contribution in [2.75, 3.05) is 13.1 Å². The monoisotopic (exact) mass is 273 g/mol. The molecule has 0 aromatic carbocycles. The fraction of sp³-hybridized carbons (Fsp3) is 0.200. The molecule has 1 aromatic rings. The molecule has 7 nitrogen and oxygen atoms in total. The molecule has 102 valence electrons. The van der Waals surface area contributed by atoms with Crippen molar-refractivity contribution in [3.63, 3.8) is 0 Å². The molecular weight excluding hydrogens is 264 g/mol. The summed E-state index contributed by atoms with van der Waals surface area (Å²) >= 11 is 0. The fourth-order valence-electron chi connectivity index (χ4n) is 1.30. The van der Waals surface area contributed by atoms with Crippen LogP contribution in [-0.4, -0.2) is 45.9 Å². The largest absolute Gasteiger partial charge is 0.480 e. The van der Waals surface area contributed by atoms with Gasteiger partial charge < -0.3 is 15.7 Å². The van der Waals surface area contributed by atoms with E-state index in [9.17, 15) is 23.2 Å². The number of hydrogen-bond acceptors (Lipinski definition) is 4. The first-order valence-corrected chi connectivity index (χ1v) is 4.92. The van der Waals surface area contributed by atoms with Gasteiger partial charge in [0, 0.05) is 6.20 Å². The van der Waals surface area contributed by atoms with Gasteiger partial charge in [-0.3, -0.25) is 14.4 Å². The van der Waals surface area contributed by atoms with Crippen molar-refractivity contribution in [3.05, 3.63) is 29.6 Å². The molecule has 1 heterocycles. The molecule has 0 unspecified atom stereocenters. The molecule has 0 aliphatic rings. The lowest BCUT2D eigenvalue weighted by Crippen LogP contribution is -2.41. The van der Waals surface area contributed by atoms with E-state index in [2.05, 4.69) is 4.98 Å². The van der Waals surface area contributed by atoms with Crippen molar-refractivity contribution in [2.45, 2.75) is 0 Å². The Morgan fingerprint density at radius 2 is 1.95 bits per heavy atom. The first-order valence-electron chi connectivity index (χ1n) is 4.92. The van der Waals surface area contributed by atoms with E-state index in [4.69, 9.17) is 10.8 Å². The van der Waals surface area contributed by atoms with E-state index >= 15 is 0 Å². The molecule has 1 rings (SSSR count). The van der Waals surface area contributed by atoms with Gasteiger partial charge in [0.1, 0.15) is 13.1 Å². The van der Waals surface area contributed by atoms with Gasteiger partial charge in [0.05, 0.1) is 5.56 Å². The minimum absolute atomic E-state index is 0.489. The Hall–Kier alpha value is -2.58. The maximum Gasteiger partial charge on any atom is 0.323 e. The van der Waals surface area contributed by atoms with Crippen LogP contribution in [0.5, 0.6) is 0 Å². The molecular formula is C10H9F2N3O4. The first-order chi connectivity index (χ1) is 8.82. The van der Waals surface area contributed by atoms with E-state index in [-0.39, 0.29) is 0 Å². The van der Waals surface area contributed by atoms with Gasteiger partial charge in [0.2, 0.25) is 11.9 Å². The molecule has 0 fully saturated rings. The van der Waals surface area contributed by atoms with E-state index in [1.54, 1.807) is 0 Å². The average molecular weight is 273 g/mol. The van der Waals surface area contributed by atoms with Gasteiger partial charge in [-0.05, 0) is 6.07 Å². The zero-order chi connectivity index (χ0) is 14.6. The molecule has 3 N–H and O–H groups in total. The highest BCUT2D eigenvalue weighted by molar-refractivity contribution is 5.98. The molecule has 0 spiro atoms. The number of nitrogens with two attached hydrogens (primary N) is 1. The summed E-state index contributed by atoms with van der Waals surface area (Å²) in [6, 6.07) is 0.872. The SMILES string of the molecule is NC(=O)CN(CC(=O)O)C(=O)c1ccnc(F)c1F. The molecule has 0 aliphatic heterocycles. The predicted molar refractivity (Wildman–Crippen MR) is 56.9 cm³/mol. The number of nitrogens with zero attached hydrogens (tertiary/aromatic N) is 2. The van der Waals surface area contributed by atoms with Gasteiger partial charge in [-0.1, -0.05) is 0 Å².